The number of aliphatic hydroxyl groups is 1. The van der Waals surface area contributed by atoms with E-state index in [1.807, 2.05) is 36.4 Å². The van der Waals surface area contributed by atoms with Crippen LogP contribution in [0.4, 0.5) is 13.2 Å². The van der Waals surface area contributed by atoms with Crippen molar-refractivity contribution in [3.05, 3.63) is 87.2 Å². The van der Waals surface area contributed by atoms with E-state index in [9.17, 15) is 28.3 Å². The Hall–Kier alpha value is -5.27. The molecule has 5 heterocycles. The van der Waals surface area contributed by atoms with Crippen LogP contribution in [0.1, 0.15) is 65.4 Å². The number of oxazole rings is 1. The first-order chi connectivity index (χ1) is 27.4. The largest absolute Gasteiger partial charge is 0.480 e. The Morgan fingerprint density at radius 2 is 1.82 bits per heavy atom. The van der Waals surface area contributed by atoms with Crippen LogP contribution < -0.4 is 14.8 Å². The molecule has 2 N–H and O–H groups in total. The van der Waals surface area contributed by atoms with Crippen LogP contribution >= 0.6 is 11.6 Å². The molecule has 3 aliphatic heterocycles. The fourth-order valence-electron chi connectivity index (χ4n) is 8.74. The number of nitriles is 1. The Labute approximate surface area is 330 Å². The molecule has 57 heavy (non-hydrogen) atoms. The van der Waals surface area contributed by atoms with Crippen molar-refractivity contribution in [1.82, 2.24) is 30.1 Å². The molecule has 2 aromatic heterocycles. The van der Waals surface area contributed by atoms with Crippen molar-refractivity contribution in [3.63, 3.8) is 0 Å². The minimum absolute atomic E-state index is 0.0132. The van der Waals surface area contributed by atoms with E-state index in [1.54, 1.807) is 17.0 Å². The summed E-state index contributed by atoms with van der Waals surface area (Å²) in [6.45, 7) is 2.97. The molecule has 3 saturated heterocycles. The van der Waals surface area contributed by atoms with Crippen molar-refractivity contribution in [3.8, 4) is 40.4 Å². The molecule has 1 aliphatic carbocycles. The Morgan fingerprint density at radius 3 is 2.54 bits per heavy atom. The van der Waals surface area contributed by atoms with Crippen LogP contribution in [0.25, 0.3) is 33.7 Å². The number of methoxy groups -OCH3 is 1. The van der Waals surface area contributed by atoms with Gasteiger partial charge in [-0.2, -0.15) is 23.4 Å². The van der Waals surface area contributed by atoms with Gasteiger partial charge in [-0.25, -0.2) is 9.97 Å². The van der Waals surface area contributed by atoms with Gasteiger partial charge in [0, 0.05) is 51.3 Å². The lowest BCUT2D eigenvalue weighted by Gasteiger charge is -2.48. The van der Waals surface area contributed by atoms with Crippen LogP contribution in [0.2, 0.25) is 5.02 Å². The quantitative estimate of drug-likeness (QED) is 0.166. The van der Waals surface area contributed by atoms with Gasteiger partial charge in [-0.05, 0) is 66.1 Å². The summed E-state index contributed by atoms with van der Waals surface area (Å²) in [6.07, 6.45) is -3.37. The lowest BCUT2D eigenvalue weighted by Crippen LogP contribution is -2.66. The maximum atomic E-state index is 14.4. The molecule has 4 aliphatic rings. The minimum Gasteiger partial charge on any atom is -0.480 e. The number of nitrogens with one attached hydrogen (secondary N) is 1. The lowest BCUT2D eigenvalue weighted by atomic mass is 9.88. The third-order valence-corrected chi connectivity index (χ3v) is 11.7. The van der Waals surface area contributed by atoms with Gasteiger partial charge in [0.15, 0.2) is 5.58 Å². The second-order valence-electron chi connectivity index (χ2n) is 15.3. The average Bonchev–Trinajstić information content (AvgIpc) is 3.98. The number of halogens is 4. The number of alkyl halides is 3. The van der Waals surface area contributed by atoms with Crippen LogP contribution in [0.5, 0.6) is 11.8 Å². The predicted octanol–water partition coefficient (Wildman–Crippen LogP) is 6.60. The van der Waals surface area contributed by atoms with Crippen LogP contribution in [0, 0.1) is 11.3 Å². The number of ether oxygens (including phenoxy) is 2. The van der Waals surface area contributed by atoms with E-state index in [0.29, 0.717) is 83.7 Å². The average molecular weight is 800 g/mol. The van der Waals surface area contributed by atoms with Crippen molar-refractivity contribution in [2.24, 2.45) is 0 Å². The van der Waals surface area contributed by atoms with Gasteiger partial charge in [0.2, 0.25) is 29.3 Å². The van der Waals surface area contributed by atoms with Gasteiger partial charge in [0.05, 0.1) is 34.9 Å². The molecule has 0 radical (unpaired) electrons. The molecule has 2 atom stereocenters. The topological polar surface area (TPSA) is 150 Å². The number of carbonyl (C=O) groups is 1. The van der Waals surface area contributed by atoms with E-state index < -0.39 is 30.0 Å². The maximum absolute atomic E-state index is 14.4. The summed E-state index contributed by atoms with van der Waals surface area (Å²) in [4.78, 5) is 28.7. The summed E-state index contributed by atoms with van der Waals surface area (Å²) >= 11 is 7.12. The van der Waals surface area contributed by atoms with E-state index in [1.165, 1.54) is 7.11 Å². The normalized spacial score (nSPS) is 20.5. The summed E-state index contributed by atoms with van der Waals surface area (Å²) in [5, 5.41) is 23.4. The Balaban J connectivity index is 0.986. The molecule has 0 saturated carbocycles. The maximum Gasteiger partial charge on any atom is 0.438 e. The summed E-state index contributed by atoms with van der Waals surface area (Å²) in [6, 6.07) is 17.0. The van der Waals surface area contributed by atoms with Crippen molar-refractivity contribution in [2.75, 3.05) is 33.3 Å². The van der Waals surface area contributed by atoms with E-state index in [2.05, 4.69) is 26.3 Å². The number of aromatic nitrogens is 3. The number of nitrogens with zero attached hydrogens (tertiary/aromatic N) is 6. The first-order valence-corrected chi connectivity index (χ1v) is 19.2. The first-order valence-electron chi connectivity index (χ1n) is 18.8. The van der Waals surface area contributed by atoms with E-state index >= 15 is 0 Å². The van der Waals surface area contributed by atoms with Crippen molar-refractivity contribution < 1.29 is 37.0 Å². The number of aliphatic hydroxyl groups excluding tert-OH is 1. The molecule has 0 unspecified atom stereocenters. The van der Waals surface area contributed by atoms with Gasteiger partial charge in [0.1, 0.15) is 23.4 Å². The highest BCUT2D eigenvalue weighted by Crippen LogP contribution is 2.46. The number of carbonyl (C=O) groups excluding carboxylic acids is 1. The number of β-amino-alcohol motifs (C(OH)–C–C–N with tert-alkyl or cyclic N) is 1. The SMILES string of the molecule is COc1nc(O[C@@H]2CCc3c(-c4cccc(-c5nc6cc(CN7CC8(CCC(=O)N8)C7)cc(C#N)c6o5)c4Cl)cccc32)c(C(F)(F)F)nc1CN1CC[C@@H](O)C1. The Bertz CT molecular complexity index is 2460. The molecule has 1 spiro atoms. The number of likely N-dealkylation sites (tertiary alicyclic amines) is 2. The van der Waals surface area contributed by atoms with Crippen molar-refractivity contribution in [1.29, 1.82) is 5.26 Å². The summed E-state index contributed by atoms with van der Waals surface area (Å²) < 4.78 is 61.0. The van der Waals surface area contributed by atoms with Crippen LogP contribution in [-0.2, 0) is 30.5 Å². The molecule has 16 heteroatoms. The highest BCUT2D eigenvalue weighted by molar-refractivity contribution is 6.36. The fourth-order valence-corrected chi connectivity index (χ4v) is 9.05. The zero-order valence-corrected chi connectivity index (χ0v) is 31.6. The Kier molecular flexibility index (Phi) is 9.35. The zero-order valence-electron chi connectivity index (χ0n) is 30.8. The molecule has 3 fully saturated rings. The summed E-state index contributed by atoms with van der Waals surface area (Å²) in [5.74, 6) is -0.409. The van der Waals surface area contributed by atoms with Gasteiger partial charge in [-0.1, -0.05) is 41.9 Å². The van der Waals surface area contributed by atoms with E-state index in [4.69, 9.17) is 30.5 Å². The highest BCUT2D eigenvalue weighted by Gasteiger charge is 2.47. The predicted molar refractivity (Wildman–Crippen MR) is 201 cm³/mol. The van der Waals surface area contributed by atoms with Gasteiger partial charge in [-0.3, -0.25) is 14.6 Å². The van der Waals surface area contributed by atoms with E-state index in [0.717, 1.165) is 36.2 Å². The number of rotatable bonds is 9. The summed E-state index contributed by atoms with van der Waals surface area (Å²) in [5.41, 5.74) is 4.30. The number of amides is 1. The highest BCUT2D eigenvalue weighted by atomic mass is 35.5. The lowest BCUT2D eigenvalue weighted by molar-refractivity contribution is -0.143. The summed E-state index contributed by atoms with van der Waals surface area (Å²) in [7, 11) is 1.32. The Morgan fingerprint density at radius 1 is 1.04 bits per heavy atom. The van der Waals surface area contributed by atoms with Gasteiger partial charge >= 0.3 is 6.18 Å². The zero-order chi connectivity index (χ0) is 39.6. The minimum atomic E-state index is -4.85. The number of hydrogen-bond donors (Lipinski definition) is 2. The molecule has 9 rings (SSSR count). The van der Waals surface area contributed by atoms with Crippen LogP contribution in [-0.4, -0.2) is 80.7 Å². The van der Waals surface area contributed by atoms with Crippen LogP contribution in [0.3, 0.4) is 0 Å². The van der Waals surface area contributed by atoms with Gasteiger partial charge in [0.25, 0.3) is 0 Å². The molecule has 1 amide bonds. The molecular formula is C41H37ClF3N7O5. The second kappa shape index (κ2) is 14.3. The second-order valence-corrected chi connectivity index (χ2v) is 15.7. The first kappa shape index (κ1) is 37.3. The molecular weight excluding hydrogens is 763 g/mol. The third-order valence-electron chi connectivity index (χ3n) is 11.3. The van der Waals surface area contributed by atoms with Gasteiger partial charge in [-0.15, -0.1) is 0 Å². The van der Waals surface area contributed by atoms with Crippen molar-refractivity contribution in [2.45, 2.75) is 69.1 Å². The molecule has 12 nitrogen and oxygen atoms in total. The fraction of sp³-hybridized carbons (Fsp3) is 0.390. The number of benzene rings is 3. The van der Waals surface area contributed by atoms with Crippen molar-refractivity contribution >= 4 is 28.6 Å². The number of fused-ring (bicyclic) bond motifs is 2. The molecule has 3 aromatic carbocycles. The molecule has 5 aromatic rings. The molecule has 294 valence electrons. The third kappa shape index (κ3) is 6.94. The monoisotopic (exact) mass is 799 g/mol. The molecule has 0 bridgehead atoms. The van der Waals surface area contributed by atoms with Gasteiger partial charge < -0.3 is 24.3 Å². The number of hydrogen-bond acceptors (Lipinski definition) is 11. The van der Waals surface area contributed by atoms with E-state index in [-0.39, 0.29) is 35.5 Å². The standard InChI is InChI=1S/C41H37ClF3N7O5/c1-55-38-31(19-51-13-11-24(53)18-51)47-36(41(43,44)45)39(49-38)56-32-9-8-26-25(4-2-5-27(26)32)28-6-3-7-29(34(28)42)37-48-30-15-22(14-23(16-46)35(30)57-37)17-52-20-40(21-52)12-10-33(54)50-40/h2-7,14-15,24,32,53H,8-13,17-21H2,1H3,(H,50,54)/t24-,32-/m1/s1. The smallest absolute Gasteiger partial charge is 0.438 e. The van der Waals surface area contributed by atoms with Crippen LogP contribution in [0.15, 0.2) is 52.9 Å².